The zero-order valence-corrected chi connectivity index (χ0v) is 17.6. The third kappa shape index (κ3) is 4.59. The van der Waals surface area contributed by atoms with Crippen molar-refractivity contribution >= 4 is 16.7 Å². The molecule has 0 saturated heterocycles. The summed E-state index contributed by atoms with van der Waals surface area (Å²) in [5.74, 6) is 1.49. The minimum atomic E-state index is -4.52. The summed E-state index contributed by atoms with van der Waals surface area (Å²) in [5, 5.41) is 0.694. The number of ketones is 1. The molecule has 0 atom stereocenters. The summed E-state index contributed by atoms with van der Waals surface area (Å²) < 4.78 is 55.5. The van der Waals surface area contributed by atoms with Gasteiger partial charge in [-0.05, 0) is 48.5 Å². The van der Waals surface area contributed by atoms with Crippen LogP contribution in [0.25, 0.3) is 10.9 Å². The molecule has 168 valence electrons. The number of carbonyl (C=O) groups is 1. The number of methoxy groups -OCH3 is 2. The lowest BCUT2D eigenvalue weighted by atomic mass is 10.0. The van der Waals surface area contributed by atoms with Crippen LogP contribution in [0.4, 0.5) is 13.2 Å². The highest BCUT2D eigenvalue weighted by atomic mass is 19.4. The third-order valence-electron chi connectivity index (χ3n) is 5.00. The van der Waals surface area contributed by atoms with E-state index in [1.165, 1.54) is 38.5 Å². The summed E-state index contributed by atoms with van der Waals surface area (Å²) in [6.07, 6.45) is -2.93. The molecule has 1 aromatic heterocycles. The van der Waals surface area contributed by atoms with Gasteiger partial charge in [0.05, 0.1) is 25.3 Å². The molecule has 0 aliphatic carbocycles. The predicted molar refractivity (Wildman–Crippen MR) is 116 cm³/mol. The lowest BCUT2D eigenvalue weighted by molar-refractivity contribution is -0.137. The van der Waals surface area contributed by atoms with Gasteiger partial charge in [-0.25, -0.2) is 0 Å². The van der Waals surface area contributed by atoms with Gasteiger partial charge in [-0.2, -0.15) is 13.2 Å². The Labute approximate surface area is 187 Å². The molecule has 0 aliphatic heterocycles. The molecule has 0 saturated carbocycles. The van der Waals surface area contributed by atoms with E-state index in [1.807, 2.05) is 0 Å². The van der Waals surface area contributed by atoms with Gasteiger partial charge >= 0.3 is 6.18 Å². The molecule has 0 radical (unpaired) electrons. The van der Waals surface area contributed by atoms with Gasteiger partial charge in [0.1, 0.15) is 11.5 Å². The molecule has 0 fully saturated rings. The van der Waals surface area contributed by atoms with Crippen LogP contribution in [0.2, 0.25) is 0 Å². The van der Waals surface area contributed by atoms with Crippen molar-refractivity contribution < 1.29 is 32.2 Å². The third-order valence-corrected chi connectivity index (χ3v) is 5.00. The molecule has 5 nitrogen and oxygen atoms in total. The Hall–Kier alpha value is -4.07. The molecule has 0 amide bonds. The lowest BCUT2D eigenvalue weighted by Gasteiger charge is -2.12. The Morgan fingerprint density at radius 1 is 0.818 bits per heavy atom. The van der Waals surface area contributed by atoms with Crippen LogP contribution in [0.5, 0.6) is 23.0 Å². The number of ether oxygens (including phenoxy) is 3. The summed E-state index contributed by atoms with van der Waals surface area (Å²) in [6, 6.07) is 15.7. The molecule has 1 heterocycles. The van der Waals surface area contributed by atoms with E-state index in [0.717, 1.165) is 12.1 Å². The van der Waals surface area contributed by atoms with Crippen LogP contribution < -0.4 is 14.2 Å². The molecule has 0 N–H and O–H groups in total. The number of hydrogen-bond donors (Lipinski definition) is 0. The summed E-state index contributed by atoms with van der Waals surface area (Å²) >= 11 is 0. The van der Waals surface area contributed by atoms with Crippen molar-refractivity contribution in [3.63, 3.8) is 0 Å². The van der Waals surface area contributed by atoms with Crippen molar-refractivity contribution in [2.45, 2.75) is 6.18 Å². The van der Waals surface area contributed by atoms with Crippen LogP contribution in [-0.2, 0) is 6.18 Å². The average molecular weight is 453 g/mol. The fourth-order valence-electron chi connectivity index (χ4n) is 3.34. The summed E-state index contributed by atoms with van der Waals surface area (Å²) in [7, 11) is 3.06. The van der Waals surface area contributed by atoms with Crippen LogP contribution in [-0.4, -0.2) is 25.0 Å². The Morgan fingerprint density at radius 3 is 2.18 bits per heavy atom. The zero-order chi connectivity index (χ0) is 23.6. The number of hydrogen-bond acceptors (Lipinski definition) is 5. The number of aromatic nitrogens is 1. The molecule has 0 unspecified atom stereocenters. The molecular weight excluding hydrogens is 435 g/mol. The topological polar surface area (TPSA) is 57.7 Å². The fourth-order valence-corrected chi connectivity index (χ4v) is 3.34. The number of alkyl halides is 3. The normalized spacial score (nSPS) is 11.3. The van der Waals surface area contributed by atoms with Crippen molar-refractivity contribution in [1.82, 2.24) is 4.98 Å². The van der Waals surface area contributed by atoms with E-state index < -0.39 is 17.5 Å². The number of pyridine rings is 1. The van der Waals surface area contributed by atoms with E-state index in [-0.39, 0.29) is 11.1 Å². The van der Waals surface area contributed by atoms with E-state index >= 15 is 0 Å². The number of halogens is 3. The molecule has 4 aromatic rings. The largest absolute Gasteiger partial charge is 0.493 e. The SMILES string of the molecule is COc1cc2nccc(Oc3ccc(C(=O)c4cccc(C(F)(F)F)c4)cc3)c2cc1OC. The van der Waals surface area contributed by atoms with Crippen LogP contribution >= 0.6 is 0 Å². The Morgan fingerprint density at radius 2 is 1.52 bits per heavy atom. The van der Waals surface area contributed by atoms with Gasteiger partial charge in [-0.3, -0.25) is 9.78 Å². The Bertz CT molecular complexity index is 1320. The van der Waals surface area contributed by atoms with Crippen molar-refractivity contribution in [2.24, 2.45) is 0 Å². The first-order valence-corrected chi connectivity index (χ1v) is 9.81. The van der Waals surface area contributed by atoms with Gasteiger partial charge in [-0.1, -0.05) is 12.1 Å². The van der Waals surface area contributed by atoms with Gasteiger partial charge in [0.25, 0.3) is 0 Å². The second-order valence-corrected chi connectivity index (χ2v) is 7.07. The second kappa shape index (κ2) is 8.82. The van der Waals surface area contributed by atoms with Gasteiger partial charge < -0.3 is 14.2 Å². The van der Waals surface area contributed by atoms with Gasteiger partial charge in [0.2, 0.25) is 0 Å². The Kier molecular flexibility index (Phi) is 5.91. The van der Waals surface area contributed by atoms with Crippen LogP contribution in [0.15, 0.2) is 72.9 Å². The summed E-state index contributed by atoms with van der Waals surface area (Å²) in [5.41, 5.74) is -0.0289. The predicted octanol–water partition coefficient (Wildman–Crippen LogP) is 6.29. The molecule has 33 heavy (non-hydrogen) atoms. The molecular formula is C25H18F3NO4. The van der Waals surface area contributed by atoms with Crippen molar-refractivity contribution in [2.75, 3.05) is 14.2 Å². The first kappa shape index (κ1) is 22.1. The molecule has 0 aliphatic rings. The van der Waals surface area contributed by atoms with E-state index in [0.29, 0.717) is 33.9 Å². The molecule has 8 heteroatoms. The Balaban J connectivity index is 1.60. The smallest absolute Gasteiger partial charge is 0.416 e. The molecule has 3 aromatic carbocycles. The first-order chi connectivity index (χ1) is 15.8. The van der Waals surface area contributed by atoms with Gasteiger partial charge in [0, 0.05) is 28.8 Å². The highest BCUT2D eigenvalue weighted by molar-refractivity contribution is 6.09. The number of benzene rings is 3. The van der Waals surface area contributed by atoms with Crippen LogP contribution in [0.3, 0.4) is 0 Å². The van der Waals surface area contributed by atoms with Crippen LogP contribution in [0.1, 0.15) is 21.5 Å². The van der Waals surface area contributed by atoms with E-state index in [1.54, 1.807) is 36.5 Å². The molecule has 4 rings (SSSR count). The first-order valence-electron chi connectivity index (χ1n) is 9.81. The maximum absolute atomic E-state index is 12.9. The highest BCUT2D eigenvalue weighted by Crippen LogP contribution is 2.37. The van der Waals surface area contributed by atoms with Crippen molar-refractivity contribution in [3.8, 4) is 23.0 Å². The number of carbonyl (C=O) groups excluding carboxylic acids is 1. The molecule has 0 spiro atoms. The minimum Gasteiger partial charge on any atom is -0.493 e. The lowest BCUT2D eigenvalue weighted by Crippen LogP contribution is -2.08. The highest BCUT2D eigenvalue weighted by Gasteiger charge is 2.31. The maximum Gasteiger partial charge on any atom is 0.416 e. The number of fused-ring (bicyclic) bond motifs is 1. The number of rotatable bonds is 6. The minimum absolute atomic E-state index is 0.0420. The summed E-state index contributed by atoms with van der Waals surface area (Å²) in [4.78, 5) is 17.0. The van der Waals surface area contributed by atoms with Gasteiger partial charge in [-0.15, -0.1) is 0 Å². The van der Waals surface area contributed by atoms with Crippen molar-refractivity contribution in [3.05, 3.63) is 89.6 Å². The van der Waals surface area contributed by atoms with Crippen molar-refractivity contribution in [1.29, 1.82) is 0 Å². The monoisotopic (exact) mass is 453 g/mol. The van der Waals surface area contributed by atoms with E-state index in [4.69, 9.17) is 14.2 Å². The maximum atomic E-state index is 12.9. The summed E-state index contributed by atoms with van der Waals surface area (Å²) in [6.45, 7) is 0. The quantitative estimate of drug-likeness (QED) is 0.321. The zero-order valence-electron chi connectivity index (χ0n) is 17.6. The van der Waals surface area contributed by atoms with Gasteiger partial charge in [0.15, 0.2) is 17.3 Å². The van der Waals surface area contributed by atoms with E-state index in [9.17, 15) is 18.0 Å². The average Bonchev–Trinajstić information content (AvgIpc) is 2.83. The standard InChI is InChI=1S/C25H18F3NO4/c1-31-22-13-19-20(14-23(22)32-2)29-11-10-21(19)33-18-8-6-15(7-9-18)24(30)16-4-3-5-17(12-16)25(26,27)28/h3-14H,1-2H3. The number of nitrogens with zero attached hydrogens (tertiary/aromatic N) is 1. The van der Waals surface area contributed by atoms with Crippen LogP contribution in [0, 0.1) is 0 Å². The second-order valence-electron chi connectivity index (χ2n) is 7.07. The fraction of sp³-hybridized carbons (Fsp3) is 0.120. The van der Waals surface area contributed by atoms with E-state index in [2.05, 4.69) is 4.98 Å². The molecule has 0 bridgehead atoms.